The van der Waals surface area contributed by atoms with E-state index in [1.165, 1.54) is 6.07 Å². The predicted octanol–water partition coefficient (Wildman–Crippen LogP) is 3.87. The van der Waals surface area contributed by atoms with Crippen LogP contribution >= 0.6 is 0 Å². The molecule has 3 N–H and O–H groups in total. The molecule has 0 bridgehead atoms. The molecule has 5 nitrogen and oxygen atoms in total. The van der Waals surface area contributed by atoms with E-state index in [1.807, 2.05) is 24.3 Å². The molecule has 0 aromatic heterocycles. The second-order valence-corrected chi connectivity index (χ2v) is 7.74. The number of hydrogen-bond acceptors (Lipinski definition) is 4. The Kier molecular flexibility index (Phi) is 5.00. The van der Waals surface area contributed by atoms with Crippen molar-refractivity contribution in [1.29, 1.82) is 0 Å². The topological polar surface area (TPSA) is 56.9 Å². The maximum Gasteiger partial charge on any atom is 0.416 e. The summed E-state index contributed by atoms with van der Waals surface area (Å²) in [6, 6.07) is 13.0. The van der Waals surface area contributed by atoms with Crippen molar-refractivity contribution in [2.75, 3.05) is 30.5 Å². The molecule has 0 aliphatic carbocycles. The summed E-state index contributed by atoms with van der Waals surface area (Å²) < 4.78 is 39.1. The monoisotopic (exact) mass is 403 g/mol. The van der Waals surface area contributed by atoms with E-state index in [-0.39, 0.29) is 6.54 Å². The Balaban J connectivity index is 1.69. The number of piperidine rings is 1. The minimum atomic E-state index is -4.37. The Hall–Kier alpha value is -2.58. The van der Waals surface area contributed by atoms with Crippen molar-refractivity contribution in [3.8, 4) is 0 Å². The Morgan fingerprint density at radius 3 is 2.55 bits per heavy atom. The maximum absolute atomic E-state index is 13.0. The van der Waals surface area contributed by atoms with Gasteiger partial charge in [0.1, 0.15) is 5.84 Å². The lowest BCUT2D eigenvalue weighted by molar-refractivity contribution is -0.137. The van der Waals surface area contributed by atoms with Gasteiger partial charge in [0.05, 0.1) is 29.0 Å². The molecule has 2 heterocycles. The molecule has 4 rings (SSSR count). The molecular weight excluding hydrogens is 379 g/mol. The number of fused-ring (bicyclic) bond motifs is 1. The van der Waals surface area contributed by atoms with Gasteiger partial charge in [-0.2, -0.15) is 13.2 Å². The first-order valence-electron chi connectivity index (χ1n) is 9.60. The van der Waals surface area contributed by atoms with Gasteiger partial charge in [-0.05, 0) is 49.7 Å². The van der Waals surface area contributed by atoms with Gasteiger partial charge in [-0.1, -0.05) is 24.3 Å². The first kappa shape index (κ1) is 19.7. The van der Waals surface area contributed by atoms with Crippen LogP contribution in [0.25, 0.3) is 0 Å². The number of nitrogens with two attached hydrogens (primary N) is 1. The van der Waals surface area contributed by atoms with Crippen LogP contribution in [0.1, 0.15) is 24.0 Å². The van der Waals surface area contributed by atoms with E-state index in [2.05, 4.69) is 17.3 Å². The van der Waals surface area contributed by atoms with Gasteiger partial charge >= 0.3 is 6.18 Å². The summed E-state index contributed by atoms with van der Waals surface area (Å²) in [4.78, 5) is 6.98. The third kappa shape index (κ3) is 3.82. The number of para-hydroxylation sites is 2. The Bertz CT molecular complexity index is 917. The molecule has 2 aliphatic rings. The first-order chi connectivity index (χ1) is 13.8. The van der Waals surface area contributed by atoms with E-state index in [0.29, 0.717) is 11.4 Å². The number of alkyl halides is 3. The van der Waals surface area contributed by atoms with E-state index < -0.39 is 17.3 Å². The number of anilines is 2. The van der Waals surface area contributed by atoms with Crippen LogP contribution in [0.4, 0.5) is 24.5 Å². The molecule has 1 saturated heterocycles. The van der Waals surface area contributed by atoms with Crippen molar-refractivity contribution >= 4 is 17.2 Å². The second kappa shape index (κ2) is 7.35. The molecule has 0 unspecified atom stereocenters. The zero-order valence-electron chi connectivity index (χ0n) is 16.2. The number of amidine groups is 1. The number of likely N-dealkylation sites (tertiary alicyclic amines) is 1. The van der Waals surface area contributed by atoms with Gasteiger partial charge in [0.15, 0.2) is 0 Å². The normalized spacial score (nSPS) is 20.6. The summed E-state index contributed by atoms with van der Waals surface area (Å²) in [7, 11) is 2.07. The van der Waals surface area contributed by atoms with E-state index in [1.54, 1.807) is 11.1 Å². The molecule has 0 amide bonds. The number of rotatable bonds is 2. The summed E-state index contributed by atoms with van der Waals surface area (Å²) in [6.07, 6.45) is -2.75. The zero-order valence-corrected chi connectivity index (χ0v) is 16.2. The third-order valence-corrected chi connectivity index (χ3v) is 5.70. The van der Waals surface area contributed by atoms with Crippen LogP contribution in [0.3, 0.4) is 0 Å². The maximum atomic E-state index is 13.0. The summed E-state index contributed by atoms with van der Waals surface area (Å²) in [5.74, 6) is 7.13. The smallest absolute Gasteiger partial charge is 0.371 e. The van der Waals surface area contributed by atoms with Crippen LogP contribution in [0.5, 0.6) is 0 Å². The number of nitrogens with one attached hydrogen (secondary N) is 1. The van der Waals surface area contributed by atoms with Gasteiger partial charge in [0, 0.05) is 13.1 Å². The van der Waals surface area contributed by atoms with Gasteiger partial charge in [-0.3, -0.25) is 10.0 Å². The average Bonchev–Trinajstić information content (AvgIpc) is 2.70. The number of halogens is 3. The fourth-order valence-electron chi connectivity index (χ4n) is 4.04. The van der Waals surface area contributed by atoms with Crippen LogP contribution in [0.15, 0.2) is 53.5 Å². The minimum Gasteiger partial charge on any atom is -0.371 e. The van der Waals surface area contributed by atoms with Crippen molar-refractivity contribution in [1.82, 2.24) is 4.90 Å². The number of hydrogen-bond donors (Lipinski definition) is 2. The van der Waals surface area contributed by atoms with Gasteiger partial charge in [0.2, 0.25) is 0 Å². The second-order valence-electron chi connectivity index (χ2n) is 7.74. The molecule has 154 valence electrons. The fraction of sp³-hybridized carbons (Fsp3) is 0.381. The lowest BCUT2D eigenvalue weighted by Crippen LogP contribution is -2.63. The number of nitrogens with zero attached hydrogens (tertiary/aromatic N) is 3. The van der Waals surface area contributed by atoms with E-state index in [9.17, 15) is 13.2 Å². The Labute approximate surface area is 168 Å². The lowest BCUT2D eigenvalue weighted by Gasteiger charge is -2.48. The minimum absolute atomic E-state index is 0.133. The molecule has 29 heavy (non-hydrogen) atoms. The van der Waals surface area contributed by atoms with E-state index >= 15 is 0 Å². The molecule has 0 atom stereocenters. The number of hydrazine groups is 1. The van der Waals surface area contributed by atoms with Crippen LogP contribution in [0, 0.1) is 0 Å². The van der Waals surface area contributed by atoms with Crippen LogP contribution in [-0.2, 0) is 12.7 Å². The van der Waals surface area contributed by atoms with Crippen molar-refractivity contribution in [2.24, 2.45) is 10.8 Å². The molecular formula is C21H24F3N5. The summed E-state index contributed by atoms with van der Waals surface area (Å²) in [6.45, 7) is 1.89. The largest absolute Gasteiger partial charge is 0.416 e. The van der Waals surface area contributed by atoms with E-state index in [4.69, 9.17) is 10.8 Å². The molecule has 2 aromatic carbocycles. The molecule has 2 aliphatic heterocycles. The van der Waals surface area contributed by atoms with Gasteiger partial charge in [0.25, 0.3) is 0 Å². The molecule has 0 radical (unpaired) electrons. The van der Waals surface area contributed by atoms with Crippen LogP contribution in [-0.4, -0.2) is 36.4 Å². The first-order valence-corrected chi connectivity index (χ1v) is 9.60. The number of aliphatic imine (C=N–C) groups is 1. The predicted molar refractivity (Wildman–Crippen MR) is 109 cm³/mol. The SMILES string of the molecule is CN1CCC2(CC1)Nc1ccccc1N(N)C2=NCc1cccc(C(F)(F)F)c1. The Morgan fingerprint density at radius 2 is 1.83 bits per heavy atom. The number of benzene rings is 2. The molecule has 8 heteroatoms. The lowest BCUT2D eigenvalue weighted by atomic mass is 9.83. The highest BCUT2D eigenvalue weighted by Crippen LogP contribution is 2.39. The van der Waals surface area contributed by atoms with Gasteiger partial charge in [-0.25, -0.2) is 5.84 Å². The van der Waals surface area contributed by atoms with Crippen molar-refractivity contribution in [2.45, 2.75) is 31.1 Å². The van der Waals surface area contributed by atoms with Crippen molar-refractivity contribution < 1.29 is 13.2 Å². The highest BCUT2D eigenvalue weighted by atomic mass is 19.4. The van der Waals surface area contributed by atoms with Crippen molar-refractivity contribution in [3.05, 3.63) is 59.7 Å². The van der Waals surface area contributed by atoms with Crippen LogP contribution in [0.2, 0.25) is 0 Å². The molecule has 2 aromatic rings. The standard InChI is InChI=1S/C21H24F3N5/c1-28-11-9-20(10-12-28)19(29(25)18-8-3-2-7-17(18)27-20)26-14-15-5-4-6-16(13-15)21(22,23)24/h2-8,13,27H,9-12,14,25H2,1H3. The van der Waals surface area contributed by atoms with Gasteiger partial charge < -0.3 is 10.2 Å². The van der Waals surface area contributed by atoms with Gasteiger partial charge in [-0.15, -0.1) is 0 Å². The van der Waals surface area contributed by atoms with Crippen molar-refractivity contribution in [3.63, 3.8) is 0 Å². The quantitative estimate of drug-likeness (QED) is 0.748. The highest BCUT2D eigenvalue weighted by Gasteiger charge is 2.44. The fourth-order valence-corrected chi connectivity index (χ4v) is 4.04. The van der Waals surface area contributed by atoms with E-state index in [0.717, 1.165) is 49.4 Å². The highest BCUT2D eigenvalue weighted by molar-refractivity contribution is 6.10. The summed E-state index contributed by atoms with van der Waals surface area (Å²) >= 11 is 0. The third-order valence-electron chi connectivity index (χ3n) is 5.70. The summed E-state index contributed by atoms with van der Waals surface area (Å²) in [5, 5.41) is 5.21. The molecule has 1 spiro atoms. The summed E-state index contributed by atoms with van der Waals surface area (Å²) in [5.41, 5.74) is 1.15. The average molecular weight is 403 g/mol. The molecule has 1 fully saturated rings. The van der Waals surface area contributed by atoms with Crippen LogP contribution < -0.4 is 16.2 Å². The zero-order chi connectivity index (χ0) is 20.6. The Morgan fingerprint density at radius 1 is 1.10 bits per heavy atom. The molecule has 0 saturated carbocycles.